The topological polar surface area (TPSA) is 86.8 Å². The fraction of sp³-hybridized carbons (Fsp3) is 0.368. The second-order valence-electron chi connectivity index (χ2n) is 6.44. The monoisotopic (exact) mass is 421 g/mol. The van der Waals surface area contributed by atoms with Crippen LogP contribution in [-0.4, -0.2) is 62.2 Å². The van der Waals surface area contributed by atoms with Gasteiger partial charge in [0.05, 0.1) is 9.77 Å². The van der Waals surface area contributed by atoms with E-state index in [1.165, 1.54) is 15.6 Å². The normalized spacial score (nSPS) is 17.6. The van der Waals surface area contributed by atoms with Crippen LogP contribution in [0.1, 0.15) is 22.5 Å². The first-order chi connectivity index (χ1) is 13.5. The standard InChI is InChI=1S/C19H23N3O4S2/c23-18-9-13-22(28(25,26)16-6-2-1-3-7-16)12-5-11-21(14-10-20-18)19(24)17-8-4-15-27-17/h1-4,6-8,15H,5,9-14H2,(H,20,23). The zero-order chi connectivity index (χ0) is 20.0. The zero-order valence-corrected chi connectivity index (χ0v) is 17.0. The Morgan fingerprint density at radius 2 is 1.79 bits per heavy atom. The lowest BCUT2D eigenvalue weighted by Crippen LogP contribution is -2.38. The van der Waals surface area contributed by atoms with E-state index in [1.54, 1.807) is 41.3 Å². The van der Waals surface area contributed by atoms with Gasteiger partial charge in [0, 0.05) is 39.1 Å². The van der Waals surface area contributed by atoms with Crippen LogP contribution in [0.5, 0.6) is 0 Å². The van der Waals surface area contributed by atoms with E-state index in [4.69, 9.17) is 0 Å². The molecule has 0 unspecified atom stereocenters. The Balaban J connectivity index is 1.76. The summed E-state index contributed by atoms with van der Waals surface area (Å²) in [5, 5.41) is 4.61. The Hall–Kier alpha value is -2.23. The average molecular weight is 422 g/mol. The minimum absolute atomic E-state index is 0.0882. The van der Waals surface area contributed by atoms with Crippen LogP contribution in [-0.2, 0) is 14.8 Å². The number of carbonyl (C=O) groups excluding carboxylic acids is 2. The Morgan fingerprint density at radius 3 is 2.50 bits per heavy atom. The van der Waals surface area contributed by atoms with E-state index in [1.807, 2.05) is 11.4 Å². The van der Waals surface area contributed by atoms with Gasteiger partial charge in [-0.3, -0.25) is 9.59 Å². The molecule has 28 heavy (non-hydrogen) atoms. The van der Waals surface area contributed by atoms with E-state index in [9.17, 15) is 18.0 Å². The first-order valence-corrected chi connectivity index (χ1v) is 11.4. The van der Waals surface area contributed by atoms with Gasteiger partial charge in [-0.05, 0) is 30.0 Å². The highest BCUT2D eigenvalue weighted by Gasteiger charge is 2.26. The van der Waals surface area contributed by atoms with Crippen LogP contribution in [0.2, 0.25) is 0 Å². The minimum atomic E-state index is -3.69. The number of amides is 2. The highest BCUT2D eigenvalue weighted by Crippen LogP contribution is 2.17. The van der Waals surface area contributed by atoms with E-state index in [-0.39, 0.29) is 36.2 Å². The van der Waals surface area contributed by atoms with Crippen molar-refractivity contribution in [3.8, 4) is 0 Å². The Bertz CT molecular complexity index is 899. The summed E-state index contributed by atoms with van der Waals surface area (Å²) in [5.74, 6) is -0.320. The summed E-state index contributed by atoms with van der Waals surface area (Å²) in [6.45, 7) is 1.53. The summed E-state index contributed by atoms with van der Waals surface area (Å²) in [5.41, 5.74) is 0. The molecular weight excluding hydrogens is 398 g/mol. The molecule has 1 fully saturated rings. The van der Waals surface area contributed by atoms with E-state index >= 15 is 0 Å². The molecule has 1 aromatic carbocycles. The molecule has 9 heteroatoms. The maximum Gasteiger partial charge on any atom is 0.263 e. The number of nitrogens with one attached hydrogen (secondary N) is 1. The van der Waals surface area contributed by atoms with Gasteiger partial charge in [-0.1, -0.05) is 24.3 Å². The zero-order valence-electron chi connectivity index (χ0n) is 15.4. The number of hydrogen-bond donors (Lipinski definition) is 1. The van der Waals surface area contributed by atoms with Crippen LogP contribution in [0, 0.1) is 0 Å². The molecule has 1 aliphatic heterocycles. The minimum Gasteiger partial charge on any atom is -0.354 e. The fourth-order valence-electron chi connectivity index (χ4n) is 3.05. The molecule has 0 radical (unpaired) electrons. The van der Waals surface area contributed by atoms with Gasteiger partial charge in [-0.25, -0.2) is 8.42 Å². The molecule has 1 aliphatic rings. The Morgan fingerprint density at radius 1 is 1.00 bits per heavy atom. The molecule has 150 valence electrons. The molecule has 1 N–H and O–H groups in total. The van der Waals surface area contributed by atoms with Crippen molar-refractivity contribution in [3.63, 3.8) is 0 Å². The molecule has 0 atom stereocenters. The molecule has 3 rings (SSSR count). The van der Waals surface area contributed by atoms with Crippen molar-refractivity contribution >= 4 is 33.2 Å². The van der Waals surface area contributed by atoms with Gasteiger partial charge in [0.2, 0.25) is 15.9 Å². The van der Waals surface area contributed by atoms with Crippen molar-refractivity contribution in [2.45, 2.75) is 17.7 Å². The number of benzene rings is 1. The van der Waals surface area contributed by atoms with Gasteiger partial charge in [0.1, 0.15) is 0 Å². The number of nitrogens with zero attached hydrogens (tertiary/aromatic N) is 2. The summed E-state index contributed by atoms with van der Waals surface area (Å²) in [6, 6.07) is 11.8. The van der Waals surface area contributed by atoms with Crippen molar-refractivity contribution in [3.05, 3.63) is 52.7 Å². The Labute approximate surface area is 169 Å². The number of rotatable bonds is 3. The molecule has 0 aliphatic carbocycles. The maximum atomic E-state index is 13.0. The molecule has 0 bridgehead atoms. The highest BCUT2D eigenvalue weighted by atomic mass is 32.2. The second kappa shape index (κ2) is 9.31. The third-order valence-electron chi connectivity index (χ3n) is 4.53. The summed E-state index contributed by atoms with van der Waals surface area (Å²) in [6.07, 6.45) is 0.586. The number of sulfonamides is 1. The van der Waals surface area contributed by atoms with Crippen LogP contribution in [0.25, 0.3) is 0 Å². The first kappa shape index (κ1) is 20.5. The van der Waals surface area contributed by atoms with E-state index < -0.39 is 10.0 Å². The number of thiophene rings is 1. The van der Waals surface area contributed by atoms with Gasteiger partial charge in [-0.2, -0.15) is 4.31 Å². The molecule has 7 nitrogen and oxygen atoms in total. The van der Waals surface area contributed by atoms with Crippen molar-refractivity contribution in [1.82, 2.24) is 14.5 Å². The van der Waals surface area contributed by atoms with Crippen molar-refractivity contribution in [2.24, 2.45) is 0 Å². The molecule has 0 saturated carbocycles. The quantitative estimate of drug-likeness (QED) is 0.819. The molecule has 1 saturated heterocycles. The molecule has 2 amide bonds. The van der Waals surface area contributed by atoms with E-state index in [0.717, 1.165) is 0 Å². The van der Waals surface area contributed by atoms with Crippen molar-refractivity contribution in [2.75, 3.05) is 32.7 Å². The first-order valence-electron chi connectivity index (χ1n) is 9.13. The third-order valence-corrected chi connectivity index (χ3v) is 7.30. The molecule has 2 heterocycles. The lowest BCUT2D eigenvalue weighted by molar-refractivity contribution is -0.121. The second-order valence-corrected chi connectivity index (χ2v) is 9.33. The largest absolute Gasteiger partial charge is 0.354 e. The number of carbonyl (C=O) groups is 2. The Kier molecular flexibility index (Phi) is 6.82. The predicted octanol–water partition coefficient (Wildman–Crippen LogP) is 1.79. The average Bonchev–Trinajstić information content (AvgIpc) is 3.22. The third kappa shape index (κ3) is 4.98. The van der Waals surface area contributed by atoms with Crippen molar-refractivity contribution < 1.29 is 18.0 Å². The van der Waals surface area contributed by atoms with Gasteiger partial charge >= 0.3 is 0 Å². The predicted molar refractivity (Wildman–Crippen MR) is 108 cm³/mol. The summed E-state index contributed by atoms with van der Waals surface area (Å²) in [7, 11) is -3.69. The van der Waals surface area contributed by atoms with Crippen LogP contribution in [0.4, 0.5) is 0 Å². The van der Waals surface area contributed by atoms with Crippen LogP contribution in [0.15, 0.2) is 52.7 Å². The fourth-order valence-corrected chi connectivity index (χ4v) is 5.24. The van der Waals surface area contributed by atoms with Gasteiger partial charge in [0.25, 0.3) is 5.91 Å². The van der Waals surface area contributed by atoms with Crippen LogP contribution in [0.3, 0.4) is 0 Å². The molecular formula is C19H23N3O4S2. The summed E-state index contributed by atoms with van der Waals surface area (Å²) >= 11 is 1.37. The lowest BCUT2D eigenvalue weighted by Gasteiger charge is -2.24. The van der Waals surface area contributed by atoms with Gasteiger partial charge < -0.3 is 10.2 Å². The highest BCUT2D eigenvalue weighted by molar-refractivity contribution is 7.89. The van der Waals surface area contributed by atoms with Gasteiger partial charge in [0.15, 0.2) is 0 Å². The van der Waals surface area contributed by atoms with E-state index in [0.29, 0.717) is 30.9 Å². The van der Waals surface area contributed by atoms with E-state index in [2.05, 4.69) is 5.32 Å². The molecule has 2 aromatic rings. The molecule has 1 aromatic heterocycles. The molecule has 0 spiro atoms. The SMILES string of the molecule is O=C1CCN(S(=O)(=O)c2ccccc2)CCCN(C(=O)c2cccs2)CCN1. The van der Waals surface area contributed by atoms with Gasteiger partial charge in [-0.15, -0.1) is 11.3 Å². The summed E-state index contributed by atoms with van der Waals surface area (Å²) in [4.78, 5) is 27.3. The maximum absolute atomic E-state index is 13.0. The number of hydrogen-bond acceptors (Lipinski definition) is 5. The van der Waals surface area contributed by atoms with Crippen molar-refractivity contribution in [1.29, 1.82) is 0 Å². The van der Waals surface area contributed by atoms with Crippen LogP contribution >= 0.6 is 11.3 Å². The summed E-state index contributed by atoms with van der Waals surface area (Å²) < 4.78 is 27.3. The smallest absolute Gasteiger partial charge is 0.263 e. The lowest BCUT2D eigenvalue weighted by atomic mass is 10.3. The van der Waals surface area contributed by atoms with Crippen LogP contribution < -0.4 is 5.32 Å².